The Bertz CT molecular complexity index is 1740. The fourth-order valence-electron chi connectivity index (χ4n) is 4.25. The third kappa shape index (κ3) is 5.72. The first-order valence-corrected chi connectivity index (χ1v) is 13.6. The number of fused-ring (bicyclic) bond motifs is 2. The number of anilines is 1. The maximum absolute atomic E-state index is 13.7. The molecule has 5 aromatic rings. The van der Waals surface area contributed by atoms with Gasteiger partial charge in [-0.3, -0.25) is 9.36 Å². The van der Waals surface area contributed by atoms with E-state index in [1.54, 1.807) is 55.8 Å². The summed E-state index contributed by atoms with van der Waals surface area (Å²) in [7, 11) is 1.59. The van der Waals surface area contributed by atoms with E-state index in [0.717, 1.165) is 8.96 Å². The number of pyridine rings is 1. The van der Waals surface area contributed by atoms with Crippen LogP contribution in [0.15, 0.2) is 72.9 Å². The van der Waals surface area contributed by atoms with Crippen molar-refractivity contribution in [3.63, 3.8) is 0 Å². The molecule has 0 aliphatic carbocycles. The minimum atomic E-state index is -0.692. The minimum Gasteiger partial charge on any atom is -0.497 e. The maximum Gasteiger partial charge on any atom is 0.419 e. The van der Waals surface area contributed by atoms with Gasteiger partial charge in [0.25, 0.3) is 5.91 Å². The number of aromatic nitrogens is 2. The standard InChI is InChI=1S/C30H25ClIN3O4/c1-30(2,3)39-29(37)35-16-24(22-15-18(31)5-12-26(22)35)27-23(14-17-13-19(32)6-11-25(17)34-27)28(36)33-20-7-9-21(38-4)10-8-20/h5-16H,1-4H3,(H,33,36). The maximum atomic E-state index is 13.7. The number of amides is 1. The highest BCUT2D eigenvalue weighted by atomic mass is 127. The molecule has 0 saturated carbocycles. The van der Waals surface area contributed by atoms with Gasteiger partial charge >= 0.3 is 6.09 Å². The van der Waals surface area contributed by atoms with E-state index in [-0.39, 0.29) is 5.91 Å². The predicted octanol–water partition coefficient (Wildman–Crippen LogP) is 8.16. The van der Waals surface area contributed by atoms with Crippen LogP contribution in [0.1, 0.15) is 31.1 Å². The zero-order valence-corrected chi connectivity index (χ0v) is 24.6. The molecule has 0 bridgehead atoms. The summed E-state index contributed by atoms with van der Waals surface area (Å²) in [6.45, 7) is 5.42. The zero-order valence-electron chi connectivity index (χ0n) is 21.7. The Balaban J connectivity index is 1.70. The molecule has 0 fully saturated rings. The van der Waals surface area contributed by atoms with E-state index in [1.165, 1.54) is 4.57 Å². The van der Waals surface area contributed by atoms with Gasteiger partial charge in [0, 0.05) is 36.8 Å². The molecule has 5 rings (SSSR count). The SMILES string of the molecule is COc1ccc(NC(=O)c2cc3cc(I)ccc3nc2-c2cn(C(=O)OC(C)(C)C)c3ccc(Cl)cc23)cc1. The average Bonchev–Trinajstić information content (AvgIpc) is 3.26. The van der Waals surface area contributed by atoms with Gasteiger partial charge in [-0.1, -0.05) is 11.6 Å². The molecule has 1 N–H and O–H groups in total. The highest BCUT2D eigenvalue weighted by Crippen LogP contribution is 2.36. The lowest BCUT2D eigenvalue weighted by molar-refractivity contribution is 0.0544. The predicted molar refractivity (Wildman–Crippen MR) is 163 cm³/mol. The molecule has 198 valence electrons. The number of ether oxygens (including phenoxy) is 2. The summed E-state index contributed by atoms with van der Waals surface area (Å²) < 4.78 is 13.3. The number of rotatable bonds is 4. The Morgan fingerprint density at radius 3 is 2.44 bits per heavy atom. The molecule has 0 spiro atoms. The van der Waals surface area contributed by atoms with Gasteiger partial charge < -0.3 is 14.8 Å². The van der Waals surface area contributed by atoms with Crippen LogP contribution in [0.4, 0.5) is 10.5 Å². The van der Waals surface area contributed by atoms with Crippen LogP contribution in [-0.4, -0.2) is 34.3 Å². The van der Waals surface area contributed by atoms with Gasteiger partial charge in [-0.25, -0.2) is 9.78 Å². The Kier molecular flexibility index (Phi) is 7.26. The summed E-state index contributed by atoms with van der Waals surface area (Å²) in [5.74, 6) is 0.339. The quantitative estimate of drug-likeness (QED) is 0.198. The molecule has 0 atom stereocenters. The third-order valence-corrected chi connectivity index (χ3v) is 6.89. The summed E-state index contributed by atoms with van der Waals surface area (Å²) >= 11 is 8.61. The Morgan fingerprint density at radius 2 is 1.74 bits per heavy atom. The van der Waals surface area contributed by atoms with Gasteiger partial charge in [-0.15, -0.1) is 0 Å². The summed E-state index contributed by atoms with van der Waals surface area (Å²) in [6, 6.07) is 20.0. The molecule has 7 nitrogen and oxygen atoms in total. The Hall–Kier alpha value is -3.63. The van der Waals surface area contributed by atoms with Crippen LogP contribution >= 0.6 is 34.2 Å². The van der Waals surface area contributed by atoms with Gasteiger partial charge in [0.05, 0.1) is 29.4 Å². The lowest BCUT2D eigenvalue weighted by Gasteiger charge is -2.19. The van der Waals surface area contributed by atoms with Crippen LogP contribution in [0.2, 0.25) is 5.02 Å². The van der Waals surface area contributed by atoms with E-state index in [4.69, 9.17) is 26.1 Å². The topological polar surface area (TPSA) is 82.5 Å². The minimum absolute atomic E-state index is 0.344. The van der Waals surface area contributed by atoms with Gasteiger partial charge in [0.1, 0.15) is 11.4 Å². The second-order valence-electron chi connectivity index (χ2n) is 9.96. The van der Waals surface area contributed by atoms with Crippen molar-refractivity contribution in [2.75, 3.05) is 12.4 Å². The number of methoxy groups -OCH3 is 1. The van der Waals surface area contributed by atoms with Crippen LogP contribution in [-0.2, 0) is 4.74 Å². The molecule has 0 unspecified atom stereocenters. The molecular weight excluding hydrogens is 629 g/mol. The van der Waals surface area contributed by atoms with Crippen molar-refractivity contribution in [1.29, 1.82) is 0 Å². The smallest absolute Gasteiger partial charge is 0.419 e. The number of carbonyl (C=O) groups excluding carboxylic acids is 2. The molecular formula is C30H25ClIN3O4. The number of halogens is 2. The highest BCUT2D eigenvalue weighted by molar-refractivity contribution is 14.1. The fraction of sp³-hybridized carbons (Fsp3) is 0.167. The van der Waals surface area contributed by atoms with E-state index in [9.17, 15) is 9.59 Å². The molecule has 9 heteroatoms. The summed E-state index contributed by atoms with van der Waals surface area (Å²) in [6.07, 6.45) is 1.11. The number of nitrogens with zero attached hydrogens (tertiary/aromatic N) is 2. The van der Waals surface area contributed by atoms with Crippen LogP contribution in [0.25, 0.3) is 33.1 Å². The van der Waals surface area contributed by atoms with E-state index < -0.39 is 11.7 Å². The number of benzene rings is 3. The van der Waals surface area contributed by atoms with E-state index in [1.807, 2.05) is 45.0 Å². The number of nitrogens with one attached hydrogen (secondary N) is 1. The van der Waals surface area contributed by atoms with Crippen molar-refractivity contribution < 1.29 is 19.1 Å². The molecule has 1 amide bonds. The fourth-order valence-corrected chi connectivity index (χ4v) is 4.94. The molecule has 0 aliphatic heterocycles. The van der Waals surface area contributed by atoms with Crippen molar-refractivity contribution in [1.82, 2.24) is 9.55 Å². The second kappa shape index (κ2) is 10.5. The molecule has 2 aromatic heterocycles. The van der Waals surface area contributed by atoms with Crippen molar-refractivity contribution >= 4 is 73.7 Å². The molecule has 2 heterocycles. The van der Waals surface area contributed by atoms with E-state index >= 15 is 0 Å². The zero-order chi connectivity index (χ0) is 27.9. The molecule has 3 aromatic carbocycles. The highest BCUT2D eigenvalue weighted by Gasteiger charge is 2.25. The number of hydrogen-bond donors (Lipinski definition) is 1. The lowest BCUT2D eigenvalue weighted by Crippen LogP contribution is -2.26. The van der Waals surface area contributed by atoms with Crippen molar-refractivity contribution in [3.8, 4) is 17.0 Å². The van der Waals surface area contributed by atoms with Crippen LogP contribution in [0, 0.1) is 3.57 Å². The van der Waals surface area contributed by atoms with Gasteiger partial charge in [0.15, 0.2) is 0 Å². The van der Waals surface area contributed by atoms with Crippen molar-refractivity contribution in [2.24, 2.45) is 0 Å². The van der Waals surface area contributed by atoms with Gasteiger partial charge in [-0.2, -0.15) is 0 Å². The first kappa shape index (κ1) is 27.0. The molecule has 0 saturated heterocycles. The van der Waals surface area contributed by atoms with Crippen molar-refractivity contribution in [3.05, 3.63) is 87.1 Å². The summed E-state index contributed by atoms with van der Waals surface area (Å²) in [4.78, 5) is 31.8. The Labute approximate surface area is 244 Å². The first-order chi connectivity index (χ1) is 18.5. The average molecular weight is 654 g/mol. The largest absolute Gasteiger partial charge is 0.497 e. The van der Waals surface area contributed by atoms with Crippen LogP contribution in [0.5, 0.6) is 5.75 Å². The summed E-state index contributed by atoms with van der Waals surface area (Å²) in [5.41, 5.74) is 2.57. The van der Waals surface area contributed by atoms with Gasteiger partial charge in [0.2, 0.25) is 0 Å². The van der Waals surface area contributed by atoms with E-state index in [0.29, 0.717) is 49.7 Å². The third-order valence-electron chi connectivity index (χ3n) is 5.98. The Morgan fingerprint density at radius 1 is 1.00 bits per heavy atom. The molecule has 39 heavy (non-hydrogen) atoms. The van der Waals surface area contributed by atoms with Crippen LogP contribution in [0.3, 0.4) is 0 Å². The van der Waals surface area contributed by atoms with E-state index in [2.05, 4.69) is 27.9 Å². The number of carbonyl (C=O) groups is 2. The van der Waals surface area contributed by atoms with Crippen molar-refractivity contribution in [2.45, 2.75) is 26.4 Å². The molecule has 0 radical (unpaired) electrons. The summed E-state index contributed by atoms with van der Waals surface area (Å²) in [5, 5.41) is 4.94. The lowest BCUT2D eigenvalue weighted by atomic mass is 10.0. The number of hydrogen-bond acceptors (Lipinski definition) is 5. The monoisotopic (exact) mass is 653 g/mol. The van der Waals surface area contributed by atoms with Crippen LogP contribution < -0.4 is 10.1 Å². The normalized spacial score (nSPS) is 11.5. The van der Waals surface area contributed by atoms with Gasteiger partial charge in [-0.05, 0) is 110 Å². The first-order valence-electron chi connectivity index (χ1n) is 12.1. The molecule has 0 aliphatic rings. The second-order valence-corrected chi connectivity index (χ2v) is 11.6.